The lowest BCUT2D eigenvalue weighted by molar-refractivity contribution is 0.729. The van der Waals surface area contributed by atoms with Gasteiger partial charge in [0.2, 0.25) is 0 Å². The van der Waals surface area contributed by atoms with Gasteiger partial charge in [0.05, 0.1) is 0 Å². The molecule has 0 aromatic carbocycles. The fourth-order valence-corrected chi connectivity index (χ4v) is 2.34. The van der Waals surface area contributed by atoms with Crippen LogP contribution in [0.4, 0.5) is 0 Å². The van der Waals surface area contributed by atoms with E-state index in [1.807, 2.05) is 10.8 Å². The van der Waals surface area contributed by atoms with Gasteiger partial charge in [0, 0.05) is 11.3 Å². The van der Waals surface area contributed by atoms with Gasteiger partial charge in [-0.05, 0) is 20.1 Å². The monoisotopic (exact) mass is 187 g/mol. The van der Waals surface area contributed by atoms with E-state index in [0.717, 1.165) is 6.54 Å². The van der Waals surface area contributed by atoms with Crippen LogP contribution >= 0.6 is 34.0 Å². The lowest BCUT2D eigenvalue weighted by Gasteiger charge is -2.18. The molecule has 0 aromatic heterocycles. The van der Waals surface area contributed by atoms with Gasteiger partial charge < -0.3 is 5.73 Å². The van der Waals surface area contributed by atoms with E-state index in [2.05, 4.69) is 20.1 Å². The maximum atomic E-state index is 5.46. The molecule has 0 saturated carbocycles. The smallest absolute Gasteiger partial charge is 0.0329 e. The van der Waals surface area contributed by atoms with E-state index in [1.165, 1.54) is 0 Å². The third-order valence-corrected chi connectivity index (χ3v) is 3.44. The first kappa shape index (κ1) is 12.6. The van der Waals surface area contributed by atoms with Gasteiger partial charge in [-0.25, -0.2) is 0 Å². The van der Waals surface area contributed by atoms with E-state index in [0.29, 0.717) is 0 Å². The Bertz CT molecular complexity index is 68.0. The summed E-state index contributed by atoms with van der Waals surface area (Å²) in [4.78, 5) is 0. The average Bonchev–Trinajstić information content (AvgIpc) is 1.67. The maximum absolute atomic E-state index is 5.46. The fourth-order valence-electron chi connectivity index (χ4n) is 0.260. The minimum absolute atomic E-state index is 0. The first-order valence-electron chi connectivity index (χ1n) is 2.54. The van der Waals surface area contributed by atoms with Gasteiger partial charge in [-0.3, -0.25) is 0 Å². The normalized spacial score (nSPS) is 10.7. The Morgan fingerprint density at radius 3 is 2.00 bits per heavy atom. The predicted octanol–water partition coefficient (Wildman–Crippen LogP) is 2.16. The molecule has 0 radical (unpaired) electrons. The Kier molecular flexibility index (Phi) is 8.01. The first-order valence-corrected chi connectivity index (χ1v) is 5.10. The number of rotatable bonds is 3. The second kappa shape index (κ2) is 5.71. The standard InChI is InChI=1S/C5H13NS2.ClH/c1-5(2,4-6)8-7-3;/h4,6H2,1-3H3;1H. The third-order valence-electron chi connectivity index (χ3n) is 0.801. The highest BCUT2D eigenvalue weighted by Gasteiger charge is 2.14. The molecular formula is C5H14ClNS2. The van der Waals surface area contributed by atoms with Gasteiger partial charge in [-0.2, -0.15) is 0 Å². The summed E-state index contributed by atoms with van der Waals surface area (Å²) in [7, 11) is 3.60. The highest BCUT2D eigenvalue weighted by molar-refractivity contribution is 8.76. The first-order chi connectivity index (χ1) is 3.62. The van der Waals surface area contributed by atoms with Crippen molar-refractivity contribution in [2.75, 3.05) is 12.8 Å². The minimum atomic E-state index is 0. The van der Waals surface area contributed by atoms with Crippen molar-refractivity contribution >= 4 is 34.0 Å². The van der Waals surface area contributed by atoms with Crippen molar-refractivity contribution in [3.05, 3.63) is 0 Å². The van der Waals surface area contributed by atoms with Crippen LogP contribution in [0.15, 0.2) is 0 Å². The molecule has 9 heavy (non-hydrogen) atoms. The second-order valence-corrected chi connectivity index (χ2v) is 5.32. The molecule has 0 aliphatic carbocycles. The summed E-state index contributed by atoms with van der Waals surface area (Å²) < 4.78 is 0.249. The van der Waals surface area contributed by atoms with Crippen molar-refractivity contribution in [1.82, 2.24) is 0 Å². The van der Waals surface area contributed by atoms with E-state index >= 15 is 0 Å². The van der Waals surface area contributed by atoms with Crippen molar-refractivity contribution in [2.24, 2.45) is 5.73 Å². The van der Waals surface area contributed by atoms with E-state index in [9.17, 15) is 0 Å². The number of hydrogen-bond acceptors (Lipinski definition) is 3. The molecule has 2 N–H and O–H groups in total. The largest absolute Gasteiger partial charge is 0.329 e. The number of hydrogen-bond donors (Lipinski definition) is 1. The van der Waals surface area contributed by atoms with Gasteiger partial charge in [0.25, 0.3) is 0 Å². The molecule has 58 valence electrons. The highest BCUT2D eigenvalue weighted by Crippen LogP contribution is 2.32. The molecule has 0 bridgehead atoms. The van der Waals surface area contributed by atoms with Gasteiger partial charge in [-0.15, -0.1) is 12.4 Å². The molecule has 4 heteroatoms. The van der Waals surface area contributed by atoms with Crippen molar-refractivity contribution in [2.45, 2.75) is 18.6 Å². The Morgan fingerprint density at radius 1 is 1.44 bits per heavy atom. The zero-order valence-corrected chi connectivity index (χ0v) is 8.46. The summed E-state index contributed by atoms with van der Waals surface area (Å²) in [5.41, 5.74) is 5.46. The lowest BCUT2D eigenvalue weighted by Crippen LogP contribution is -2.25. The van der Waals surface area contributed by atoms with Gasteiger partial charge in [0.15, 0.2) is 0 Å². The second-order valence-electron chi connectivity index (χ2n) is 2.21. The maximum Gasteiger partial charge on any atom is 0.0329 e. The van der Waals surface area contributed by atoms with Crippen molar-refractivity contribution in [3.63, 3.8) is 0 Å². The van der Waals surface area contributed by atoms with Crippen LogP contribution < -0.4 is 5.73 Å². The minimum Gasteiger partial charge on any atom is -0.329 e. The van der Waals surface area contributed by atoms with Crippen LogP contribution in [-0.4, -0.2) is 17.5 Å². The molecule has 0 saturated heterocycles. The molecule has 0 spiro atoms. The molecule has 1 nitrogen and oxygen atoms in total. The van der Waals surface area contributed by atoms with E-state index in [-0.39, 0.29) is 17.2 Å². The van der Waals surface area contributed by atoms with Crippen molar-refractivity contribution < 1.29 is 0 Å². The Morgan fingerprint density at radius 2 is 1.89 bits per heavy atom. The van der Waals surface area contributed by atoms with Crippen LogP contribution in [0.25, 0.3) is 0 Å². The zero-order valence-electron chi connectivity index (χ0n) is 6.01. The molecular weight excluding hydrogens is 174 g/mol. The molecule has 0 amide bonds. The average molecular weight is 188 g/mol. The van der Waals surface area contributed by atoms with Gasteiger partial charge in [-0.1, -0.05) is 21.6 Å². The van der Waals surface area contributed by atoms with Crippen LogP contribution in [0.1, 0.15) is 13.8 Å². The van der Waals surface area contributed by atoms with E-state index < -0.39 is 0 Å². The molecule has 0 heterocycles. The summed E-state index contributed by atoms with van der Waals surface area (Å²) in [6, 6.07) is 0. The lowest BCUT2D eigenvalue weighted by atomic mass is 10.2. The van der Waals surface area contributed by atoms with Crippen LogP contribution in [0.3, 0.4) is 0 Å². The zero-order chi connectivity index (χ0) is 6.62. The van der Waals surface area contributed by atoms with E-state index in [4.69, 9.17) is 5.73 Å². The van der Waals surface area contributed by atoms with Crippen molar-refractivity contribution in [1.29, 1.82) is 0 Å². The predicted molar refractivity (Wildman–Crippen MR) is 51.5 cm³/mol. The fraction of sp³-hybridized carbons (Fsp3) is 1.00. The quantitative estimate of drug-likeness (QED) is 0.686. The Balaban J connectivity index is 0. The van der Waals surface area contributed by atoms with Gasteiger partial charge in [0.1, 0.15) is 0 Å². The summed E-state index contributed by atoms with van der Waals surface area (Å²) in [5, 5.41) is 0. The SMILES string of the molecule is CSSC(C)(C)CN.Cl. The summed E-state index contributed by atoms with van der Waals surface area (Å²) in [6.45, 7) is 5.04. The molecule has 0 aliphatic heterocycles. The number of nitrogens with two attached hydrogens (primary N) is 1. The van der Waals surface area contributed by atoms with Crippen LogP contribution in [0.2, 0.25) is 0 Å². The molecule has 0 fully saturated rings. The topological polar surface area (TPSA) is 26.0 Å². The Labute approximate surface area is 71.3 Å². The molecule has 0 unspecified atom stereocenters. The summed E-state index contributed by atoms with van der Waals surface area (Å²) >= 11 is 0. The molecule has 0 aliphatic rings. The van der Waals surface area contributed by atoms with Crippen molar-refractivity contribution in [3.8, 4) is 0 Å². The van der Waals surface area contributed by atoms with Crippen LogP contribution in [0, 0.1) is 0 Å². The number of halogens is 1. The third kappa shape index (κ3) is 6.84. The van der Waals surface area contributed by atoms with Crippen LogP contribution in [-0.2, 0) is 0 Å². The summed E-state index contributed by atoms with van der Waals surface area (Å²) in [6.07, 6.45) is 2.07. The Hall–Kier alpha value is 0.950. The molecule has 0 atom stereocenters. The van der Waals surface area contributed by atoms with E-state index in [1.54, 1.807) is 10.8 Å². The van der Waals surface area contributed by atoms with Crippen LogP contribution in [0.5, 0.6) is 0 Å². The highest BCUT2D eigenvalue weighted by atomic mass is 35.5. The summed E-state index contributed by atoms with van der Waals surface area (Å²) in [5.74, 6) is 0. The molecule has 0 aromatic rings. The molecule has 0 rings (SSSR count). The van der Waals surface area contributed by atoms with Gasteiger partial charge >= 0.3 is 0 Å².